The van der Waals surface area contributed by atoms with Gasteiger partial charge in [0.15, 0.2) is 0 Å². The van der Waals surface area contributed by atoms with Crippen LogP contribution < -0.4 is 5.69 Å². The first-order valence-electron chi connectivity index (χ1n) is 5.30. The molecule has 0 aliphatic carbocycles. The quantitative estimate of drug-likeness (QED) is 0.863. The SMILES string of the molecule is CC(C)c1[nH]c(=O)n(-c2ccc(Cl)cc2)c1O. The van der Waals surface area contributed by atoms with Gasteiger partial charge >= 0.3 is 5.69 Å². The standard InChI is InChI=1S/C12H13ClN2O2/c1-7(2)10-11(16)15(12(17)14-10)9-5-3-8(13)4-6-9/h3-7,16H,1-2H3,(H,14,17). The number of benzene rings is 1. The molecule has 0 aliphatic heterocycles. The van der Waals surface area contributed by atoms with Crippen molar-refractivity contribution in [3.8, 4) is 11.6 Å². The molecule has 0 aliphatic rings. The van der Waals surface area contributed by atoms with Gasteiger partial charge in [-0.25, -0.2) is 9.36 Å². The van der Waals surface area contributed by atoms with Crippen LogP contribution in [-0.2, 0) is 0 Å². The Bertz CT molecular complexity index is 582. The molecule has 0 spiro atoms. The van der Waals surface area contributed by atoms with Gasteiger partial charge in [0.05, 0.1) is 11.4 Å². The van der Waals surface area contributed by atoms with E-state index in [4.69, 9.17) is 11.6 Å². The van der Waals surface area contributed by atoms with E-state index in [0.717, 1.165) is 0 Å². The Kier molecular flexibility index (Phi) is 2.98. The first kappa shape index (κ1) is 11.8. The molecule has 1 aromatic carbocycles. The minimum Gasteiger partial charge on any atom is -0.493 e. The minimum atomic E-state index is -0.353. The van der Waals surface area contributed by atoms with Crippen LogP contribution in [-0.4, -0.2) is 14.7 Å². The zero-order valence-electron chi connectivity index (χ0n) is 9.57. The second kappa shape index (κ2) is 4.30. The second-order valence-electron chi connectivity index (χ2n) is 4.13. The van der Waals surface area contributed by atoms with E-state index in [2.05, 4.69) is 4.98 Å². The van der Waals surface area contributed by atoms with Crippen molar-refractivity contribution in [2.24, 2.45) is 0 Å². The number of imidazole rings is 1. The molecule has 2 aromatic rings. The number of H-pyrrole nitrogens is 1. The van der Waals surface area contributed by atoms with Crippen molar-refractivity contribution in [2.75, 3.05) is 0 Å². The van der Waals surface area contributed by atoms with Gasteiger partial charge in [0.25, 0.3) is 0 Å². The van der Waals surface area contributed by atoms with E-state index >= 15 is 0 Å². The Morgan fingerprint density at radius 3 is 2.35 bits per heavy atom. The average Bonchev–Trinajstić information content (AvgIpc) is 2.56. The number of halogens is 1. The summed E-state index contributed by atoms with van der Waals surface area (Å²) in [5, 5.41) is 10.6. The maximum Gasteiger partial charge on any atom is 0.333 e. The molecule has 5 heteroatoms. The summed E-state index contributed by atoms with van der Waals surface area (Å²) >= 11 is 5.78. The molecule has 0 saturated carbocycles. The molecule has 17 heavy (non-hydrogen) atoms. The fourth-order valence-electron chi connectivity index (χ4n) is 1.68. The summed E-state index contributed by atoms with van der Waals surface area (Å²) in [7, 11) is 0. The van der Waals surface area contributed by atoms with Crippen LogP contribution in [0.2, 0.25) is 5.02 Å². The molecule has 2 N–H and O–H groups in total. The Morgan fingerprint density at radius 2 is 1.88 bits per heavy atom. The molecule has 0 bridgehead atoms. The van der Waals surface area contributed by atoms with Crippen LogP contribution in [0.5, 0.6) is 5.88 Å². The van der Waals surface area contributed by atoms with E-state index in [1.807, 2.05) is 13.8 Å². The number of aromatic hydroxyl groups is 1. The summed E-state index contributed by atoms with van der Waals surface area (Å²) in [5.74, 6) is 0.00331. The lowest BCUT2D eigenvalue weighted by Gasteiger charge is -2.05. The van der Waals surface area contributed by atoms with E-state index in [1.165, 1.54) is 4.57 Å². The van der Waals surface area contributed by atoms with Gasteiger partial charge < -0.3 is 10.1 Å². The van der Waals surface area contributed by atoms with E-state index < -0.39 is 0 Å². The van der Waals surface area contributed by atoms with Gasteiger partial charge in [0.2, 0.25) is 5.88 Å². The molecular formula is C12H13ClN2O2. The summed E-state index contributed by atoms with van der Waals surface area (Å²) in [6.07, 6.45) is 0. The molecule has 90 valence electrons. The molecule has 0 unspecified atom stereocenters. The lowest BCUT2D eigenvalue weighted by atomic mass is 10.1. The van der Waals surface area contributed by atoms with Crippen molar-refractivity contribution in [1.29, 1.82) is 0 Å². The Labute approximate surface area is 103 Å². The van der Waals surface area contributed by atoms with E-state index in [9.17, 15) is 9.90 Å². The molecule has 1 heterocycles. The van der Waals surface area contributed by atoms with Crippen molar-refractivity contribution >= 4 is 11.6 Å². The first-order chi connectivity index (χ1) is 8.00. The monoisotopic (exact) mass is 252 g/mol. The van der Waals surface area contributed by atoms with Gasteiger partial charge in [-0.05, 0) is 30.2 Å². The van der Waals surface area contributed by atoms with Gasteiger partial charge in [-0.2, -0.15) is 0 Å². The van der Waals surface area contributed by atoms with Crippen LogP contribution in [0.4, 0.5) is 0 Å². The average molecular weight is 253 g/mol. The number of nitrogens with zero attached hydrogens (tertiary/aromatic N) is 1. The van der Waals surface area contributed by atoms with Gasteiger partial charge in [-0.15, -0.1) is 0 Å². The highest BCUT2D eigenvalue weighted by Crippen LogP contribution is 2.24. The molecule has 2 rings (SSSR count). The van der Waals surface area contributed by atoms with E-state index in [0.29, 0.717) is 16.4 Å². The predicted octanol–water partition coefficient (Wildman–Crippen LogP) is 2.65. The lowest BCUT2D eigenvalue weighted by molar-refractivity contribution is 0.431. The zero-order valence-corrected chi connectivity index (χ0v) is 10.3. The third kappa shape index (κ3) is 2.08. The maximum absolute atomic E-state index is 11.8. The van der Waals surface area contributed by atoms with Crippen molar-refractivity contribution in [3.63, 3.8) is 0 Å². The lowest BCUT2D eigenvalue weighted by Crippen LogP contribution is -2.14. The maximum atomic E-state index is 11.8. The molecule has 0 radical (unpaired) electrons. The summed E-state index contributed by atoms with van der Waals surface area (Å²) in [6.45, 7) is 3.80. The molecule has 0 amide bonds. The Balaban J connectivity index is 2.60. The van der Waals surface area contributed by atoms with Crippen molar-refractivity contribution < 1.29 is 5.11 Å². The highest BCUT2D eigenvalue weighted by molar-refractivity contribution is 6.30. The number of hydrogen-bond donors (Lipinski definition) is 2. The van der Waals surface area contributed by atoms with Crippen LogP contribution in [0.15, 0.2) is 29.1 Å². The Hall–Kier alpha value is -1.68. The first-order valence-corrected chi connectivity index (χ1v) is 5.68. The van der Waals surface area contributed by atoms with Crippen LogP contribution in [0, 0.1) is 0 Å². The number of aromatic nitrogens is 2. The summed E-state index contributed by atoms with van der Waals surface area (Å²) in [5.41, 5.74) is 0.763. The number of nitrogens with one attached hydrogen (secondary N) is 1. The number of aromatic amines is 1. The molecule has 0 saturated heterocycles. The third-order valence-electron chi connectivity index (χ3n) is 2.56. The summed E-state index contributed by atoms with van der Waals surface area (Å²) in [6, 6.07) is 6.71. The fourth-order valence-corrected chi connectivity index (χ4v) is 1.80. The summed E-state index contributed by atoms with van der Waals surface area (Å²) in [4.78, 5) is 14.4. The van der Waals surface area contributed by atoms with Crippen LogP contribution >= 0.6 is 11.6 Å². The van der Waals surface area contributed by atoms with Gasteiger partial charge in [-0.3, -0.25) is 0 Å². The van der Waals surface area contributed by atoms with E-state index in [1.54, 1.807) is 24.3 Å². The highest BCUT2D eigenvalue weighted by Gasteiger charge is 2.16. The molecule has 1 aromatic heterocycles. The van der Waals surface area contributed by atoms with E-state index in [-0.39, 0.29) is 17.5 Å². The third-order valence-corrected chi connectivity index (χ3v) is 2.81. The topological polar surface area (TPSA) is 58.0 Å². The normalized spacial score (nSPS) is 11.1. The van der Waals surface area contributed by atoms with Gasteiger partial charge in [-0.1, -0.05) is 25.4 Å². The van der Waals surface area contributed by atoms with Crippen molar-refractivity contribution in [2.45, 2.75) is 19.8 Å². The Morgan fingerprint density at radius 1 is 1.29 bits per heavy atom. The molecule has 0 fully saturated rings. The minimum absolute atomic E-state index is 0.0488. The highest BCUT2D eigenvalue weighted by atomic mass is 35.5. The second-order valence-corrected chi connectivity index (χ2v) is 4.57. The predicted molar refractivity (Wildman–Crippen MR) is 67.2 cm³/mol. The van der Waals surface area contributed by atoms with Crippen molar-refractivity contribution in [3.05, 3.63) is 45.5 Å². The zero-order chi connectivity index (χ0) is 12.6. The van der Waals surface area contributed by atoms with Gasteiger partial charge in [0, 0.05) is 5.02 Å². The largest absolute Gasteiger partial charge is 0.493 e. The fraction of sp³-hybridized carbons (Fsp3) is 0.250. The van der Waals surface area contributed by atoms with Gasteiger partial charge in [0.1, 0.15) is 0 Å². The number of rotatable bonds is 2. The smallest absolute Gasteiger partial charge is 0.333 e. The van der Waals surface area contributed by atoms with Crippen LogP contribution in [0.25, 0.3) is 5.69 Å². The molecule has 4 nitrogen and oxygen atoms in total. The van der Waals surface area contributed by atoms with Crippen LogP contribution in [0.3, 0.4) is 0 Å². The summed E-state index contributed by atoms with van der Waals surface area (Å²) < 4.78 is 1.23. The number of hydrogen-bond acceptors (Lipinski definition) is 2. The van der Waals surface area contributed by atoms with Crippen molar-refractivity contribution in [1.82, 2.24) is 9.55 Å². The molecule has 0 atom stereocenters. The van der Waals surface area contributed by atoms with Crippen LogP contribution in [0.1, 0.15) is 25.5 Å². The molecular weight excluding hydrogens is 240 g/mol.